The minimum atomic E-state index is -0.483. The number of rotatable bonds is 2. The predicted octanol–water partition coefficient (Wildman–Crippen LogP) is 3.79. The van der Waals surface area contributed by atoms with Crippen LogP contribution >= 0.6 is 11.8 Å². The molecular formula is C16H14FNOS. The summed E-state index contributed by atoms with van der Waals surface area (Å²) in [5.74, 6) is 0.123. The average Bonchev–Trinajstić information content (AvgIpc) is 2.48. The van der Waals surface area contributed by atoms with Gasteiger partial charge < -0.3 is 5.32 Å². The van der Waals surface area contributed by atoms with Crippen LogP contribution in [0.2, 0.25) is 0 Å². The lowest BCUT2D eigenvalue weighted by Crippen LogP contribution is -2.31. The van der Waals surface area contributed by atoms with Gasteiger partial charge in [-0.25, -0.2) is 4.39 Å². The second kappa shape index (κ2) is 5.67. The normalized spacial score (nSPS) is 17.4. The lowest BCUT2D eigenvalue weighted by molar-refractivity contribution is 0.0931. The maximum atomic E-state index is 13.6. The molecule has 4 heteroatoms. The number of hydrogen-bond donors (Lipinski definition) is 1. The Hall–Kier alpha value is -1.81. The molecule has 2 nitrogen and oxygen atoms in total. The Morgan fingerprint density at radius 1 is 1.15 bits per heavy atom. The van der Waals surface area contributed by atoms with E-state index in [-0.39, 0.29) is 17.5 Å². The van der Waals surface area contributed by atoms with Gasteiger partial charge in [0.25, 0.3) is 5.91 Å². The molecule has 0 radical (unpaired) electrons. The molecule has 3 rings (SSSR count). The van der Waals surface area contributed by atoms with Crippen LogP contribution in [0.1, 0.15) is 28.4 Å². The number of halogens is 1. The molecule has 0 bridgehead atoms. The Balaban J connectivity index is 1.83. The highest BCUT2D eigenvalue weighted by molar-refractivity contribution is 7.99. The summed E-state index contributed by atoms with van der Waals surface area (Å²) in [6.07, 6.45) is 0.863. The topological polar surface area (TPSA) is 29.1 Å². The number of fused-ring (bicyclic) bond motifs is 1. The highest BCUT2D eigenvalue weighted by Gasteiger charge is 2.23. The second-order valence-electron chi connectivity index (χ2n) is 4.68. The minimum absolute atomic E-state index is 0.0421. The summed E-state index contributed by atoms with van der Waals surface area (Å²) in [4.78, 5) is 13.4. The second-order valence-corrected chi connectivity index (χ2v) is 5.82. The molecule has 0 saturated carbocycles. The first kappa shape index (κ1) is 13.2. The molecule has 2 aromatic rings. The van der Waals surface area contributed by atoms with Gasteiger partial charge >= 0.3 is 0 Å². The van der Waals surface area contributed by atoms with Crippen molar-refractivity contribution in [1.29, 1.82) is 0 Å². The maximum absolute atomic E-state index is 13.6. The molecule has 0 unspecified atom stereocenters. The number of benzene rings is 2. The van der Waals surface area contributed by atoms with Gasteiger partial charge in [0.1, 0.15) is 5.82 Å². The van der Waals surface area contributed by atoms with Crippen LogP contribution in [0.15, 0.2) is 53.4 Å². The molecule has 0 fully saturated rings. The van der Waals surface area contributed by atoms with E-state index < -0.39 is 5.82 Å². The molecule has 1 heterocycles. The van der Waals surface area contributed by atoms with Crippen molar-refractivity contribution < 1.29 is 9.18 Å². The Morgan fingerprint density at radius 2 is 1.90 bits per heavy atom. The van der Waals surface area contributed by atoms with Gasteiger partial charge in [-0.1, -0.05) is 30.3 Å². The summed E-state index contributed by atoms with van der Waals surface area (Å²) >= 11 is 1.79. The third kappa shape index (κ3) is 2.56. The summed E-state index contributed by atoms with van der Waals surface area (Å²) < 4.78 is 13.6. The van der Waals surface area contributed by atoms with Crippen molar-refractivity contribution in [2.75, 3.05) is 5.75 Å². The van der Waals surface area contributed by atoms with Crippen LogP contribution in [0.5, 0.6) is 0 Å². The van der Waals surface area contributed by atoms with E-state index in [9.17, 15) is 9.18 Å². The van der Waals surface area contributed by atoms with Crippen LogP contribution in [0.4, 0.5) is 4.39 Å². The van der Waals surface area contributed by atoms with E-state index in [1.807, 2.05) is 18.2 Å². The summed E-state index contributed by atoms with van der Waals surface area (Å²) in [5.41, 5.74) is 1.22. The van der Waals surface area contributed by atoms with Crippen LogP contribution in [0.3, 0.4) is 0 Å². The molecule has 1 N–H and O–H groups in total. The van der Waals surface area contributed by atoms with Crippen LogP contribution in [-0.4, -0.2) is 11.7 Å². The lowest BCUT2D eigenvalue weighted by Gasteiger charge is -2.25. The summed E-state index contributed by atoms with van der Waals surface area (Å²) in [7, 11) is 0. The number of thioether (sulfide) groups is 1. The molecule has 0 aromatic heterocycles. The highest BCUT2D eigenvalue weighted by Crippen LogP contribution is 2.35. The third-order valence-corrected chi connectivity index (χ3v) is 4.50. The number of carbonyl (C=O) groups excluding carboxylic acids is 1. The van der Waals surface area contributed by atoms with E-state index in [1.54, 1.807) is 23.9 Å². The van der Waals surface area contributed by atoms with Crippen molar-refractivity contribution in [2.24, 2.45) is 0 Å². The molecule has 0 spiro atoms. The van der Waals surface area contributed by atoms with E-state index in [1.165, 1.54) is 17.0 Å². The lowest BCUT2D eigenvalue weighted by atomic mass is 10.0. The molecule has 0 aliphatic carbocycles. The Bertz CT molecular complexity index is 644. The van der Waals surface area contributed by atoms with Crippen LogP contribution < -0.4 is 5.32 Å². The zero-order valence-electron chi connectivity index (χ0n) is 10.8. The van der Waals surface area contributed by atoms with Gasteiger partial charge in [-0.3, -0.25) is 4.79 Å². The maximum Gasteiger partial charge on any atom is 0.254 e. The SMILES string of the molecule is O=C(N[C@@H]1CCSc2ccccc21)c1ccccc1F. The van der Waals surface area contributed by atoms with Gasteiger partial charge in [-0.05, 0) is 30.2 Å². The van der Waals surface area contributed by atoms with Crippen LogP contribution in [-0.2, 0) is 0 Å². The standard InChI is InChI=1S/C16H14FNOS/c17-13-7-3-1-5-11(13)16(19)18-14-9-10-20-15-8-4-2-6-12(14)15/h1-8,14H,9-10H2,(H,18,19)/t14-/m1/s1. The smallest absolute Gasteiger partial charge is 0.254 e. The quantitative estimate of drug-likeness (QED) is 0.910. The van der Waals surface area contributed by atoms with Crippen molar-refractivity contribution in [3.8, 4) is 0 Å². The minimum Gasteiger partial charge on any atom is -0.345 e. The number of hydrogen-bond acceptors (Lipinski definition) is 2. The van der Waals surface area contributed by atoms with Gasteiger partial charge in [-0.2, -0.15) is 0 Å². The van der Waals surface area contributed by atoms with Gasteiger partial charge in [0.2, 0.25) is 0 Å². The summed E-state index contributed by atoms with van der Waals surface area (Å²) in [6.45, 7) is 0. The molecule has 1 aliphatic rings. The van der Waals surface area contributed by atoms with E-state index >= 15 is 0 Å². The number of carbonyl (C=O) groups is 1. The van der Waals surface area contributed by atoms with Gasteiger partial charge in [0.15, 0.2) is 0 Å². The fourth-order valence-electron chi connectivity index (χ4n) is 2.37. The van der Waals surface area contributed by atoms with Crippen molar-refractivity contribution in [2.45, 2.75) is 17.4 Å². The molecule has 0 saturated heterocycles. The van der Waals surface area contributed by atoms with E-state index in [0.29, 0.717) is 0 Å². The highest BCUT2D eigenvalue weighted by atomic mass is 32.2. The van der Waals surface area contributed by atoms with E-state index in [4.69, 9.17) is 0 Å². The average molecular weight is 287 g/mol. The predicted molar refractivity (Wildman–Crippen MR) is 78.4 cm³/mol. The van der Waals surface area contributed by atoms with Crippen LogP contribution in [0, 0.1) is 5.82 Å². The zero-order chi connectivity index (χ0) is 13.9. The first-order valence-corrected chi connectivity index (χ1v) is 7.51. The largest absolute Gasteiger partial charge is 0.345 e. The molecule has 2 aromatic carbocycles. The molecule has 1 atom stereocenters. The van der Waals surface area contributed by atoms with Crippen molar-refractivity contribution >= 4 is 17.7 Å². The van der Waals surface area contributed by atoms with Gasteiger partial charge in [0, 0.05) is 10.6 Å². The molecule has 102 valence electrons. The van der Waals surface area contributed by atoms with Gasteiger partial charge in [-0.15, -0.1) is 11.8 Å². The van der Waals surface area contributed by atoms with Gasteiger partial charge in [0.05, 0.1) is 11.6 Å². The Labute approximate surface area is 121 Å². The molecular weight excluding hydrogens is 273 g/mol. The van der Waals surface area contributed by atoms with Crippen molar-refractivity contribution in [1.82, 2.24) is 5.32 Å². The van der Waals surface area contributed by atoms with E-state index in [2.05, 4.69) is 11.4 Å². The fourth-order valence-corrected chi connectivity index (χ4v) is 3.50. The monoisotopic (exact) mass is 287 g/mol. The number of nitrogens with one attached hydrogen (secondary N) is 1. The van der Waals surface area contributed by atoms with Crippen LogP contribution in [0.25, 0.3) is 0 Å². The van der Waals surface area contributed by atoms with Crippen molar-refractivity contribution in [3.05, 3.63) is 65.5 Å². The zero-order valence-corrected chi connectivity index (χ0v) is 11.6. The van der Waals surface area contributed by atoms with Crippen molar-refractivity contribution in [3.63, 3.8) is 0 Å². The fraction of sp³-hybridized carbons (Fsp3) is 0.188. The summed E-state index contributed by atoms with van der Waals surface area (Å²) in [6, 6.07) is 14.1. The molecule has 1 aliphatic heterocycles. The Kier molecular flexibility index (Phi) is 3.74. The first-order valence-electron chi connectivity index (χ1n) is 6.53. The molecule has 1 amide bonds. The third-order valence-electron chi connectivity index (χ3n) is 3.38. The summed E-state index contributed by atoms with van der Waals surface area (Å²) in [5, 5.41) is 2.94. The molecule has 20 heavy (non-hydrogen) atoms. The van der Waals surface area contributed by atoms with E-state index in [0.717, 1.165) is 17.7 Å². The Morgan fingerprint density at radius 3 is 2.75 bits per heavy atom. The first-order chi connectivity index (χ1) is 9.75. The number of amides is 1.